The monoisotopic (exact) mass is 524 g/mol. The van der Waals surface area contributed by atoms with Gasteiger partial charge in [0.25, 0.3) is 11.1 Å². The van der Waals surface area contributed by atoms with Crippen LogP contribution in [-0.2, 0) is 25.7 Å². The van der Waals surface area contributed by atoms with Gasteiger partial charge in [-0.1, -0.05) is 32.1 Å². The minimum absolute atomic E-state index is 0.0164. The maximum absolute atomic E-state index is 14.1. The normalized spacial score (nSPS) is 17.0. The van der Waals surface area contributed by atoms with E-state index in [-0.39, 0.29) is 33.3 Å². The minimum Gasteiger partial charge on any atom is -0.287 e. The summed E-state index contributed by atoms with van der Waals surface area (Å²) in [7, 11) is 0. The number of aromatic nitrogens is 4. The Labute approximate surface area is 220 Å². The van der Waals surface area contributed by atoms with Crippen LogP contribution in [0.15, 0.2) is 19.2 Å². The van der Waals surface area contributed by atoms with Crippen molar-refractivity contribution in [3.05, 3.63) is 74.4 Å². The van der Waals surface area contributed by atoms with Crippen LogP contribution in [0.4, 0.5) is 0 Å². The van der Waals surface area contributed by atoms with Gasteiger partial charge in [-0.3, -0.25) is 34.4 Å². The van der Waals surface area contributed by atoms with Crippen LogP contribution in [0.3, 0.4) is 0 Å². The molecule has 7 rings (SSSR count). The van der Waals surface area contributed by atoms with Gasteiger partial charge in [0.2, 0.25) is 10.9 Å². The van der Waals surface area contributed by atoms with Crippen molar-refractivity contribution >= 4 is 33.1 Å². The fraction of sp³-hybridized carbons (Fsp3) is 0.448. The van der Waals surface area contributed by atoms with E-state index >= 15 is 0 Å². The molecule has 0 bridgehead atoms. The number of rotatable bonds is 0. The molecular weight excluding hydrogens is 496 g/mol. The van der Waals surface area contributed by atoms with E-state index in [1.807, 2.05) is 0 Å². The average Bonchev–Trinajstić information content (AvgIpc) is 3.35. The van der Waals surface area contributed by atoms with Gasteiger partial charge in [0, 0.05) is 22.3 Å². The Morgan fingerprint density at radius 1 is 0.538 bits per heavy atom. The lowest BCUT2D eigenvalue weighted by Gasteiger charge is -2.08. The topological polar surface area (TPSA) is 151 Å². The fourth-order valence-electron chi connectivity index (χ4n) is 6.88. The smallest absolute Gasteiger partial charge is 0.285 e. The van der Waals surface area contributed by atoms with Gasteiger partial charge in [-0.25, -0.2) is 9.38 Å². The van der Waals surface area contributed by atoms with E-state index in [9.17, 15) is 19.2 Å². The first kappa shape index (κ1) is 24.0. The van der Waals surface area contributed by atoms with Crippen molar-refractivity contribution in [1.82, 2.24) is 18.8 Å². The molecule has 4 heterocycles. The quantitative estimate of drug-likeness (QED) is 0.294. The van der Waals surface area contributed by atoms with Gasteiger partial charge in [-0.05, 0) is 51.4 Å². The molecule has 2 N–H and O–H groups in total. The molecule has 5 aromatic rings. The molecule has 10 heteroatoms. The third-order valence-corrected chi connectivity index (χ3v) is 8.81. The van der Waals surface area contributed by atoms with Crippen LogP contribution < -0.4 is 33.0 Å². The zero-order chi connectivity index (χ0) is 27.0. The third kappa shape index (κ3) is 3.26. The van der Waals surface area contributed by atoms with Gasteiger partial charge >= 0.3 is 0 Å². The summed E-state index contributed by atoms with van der Waals surface area (Å²) in [4.78, 5) is 63.8. The van der Waals surface area contributed by atoms with Crippen molar-refractivity contribution in [2.45, 2.75) is 83.5 Å². The second-order valence-electron chi connectivity index (χ2n) is 11.1. The molecule has 0 saturated carbocycles. The molecule has 1 aromatic carbocycles. The third-order valence-electron chi connectivity index (χ3n) is 8.81. The second-order valence-corrected chi connectivity index (χ2v) is 11.1. The number of fused-ring (bicyclic) bond motifs is 9. The Morgan fingerprint density at radius 2 is 1.03 bits per heavy atom. The van der Waals surface area contributed by atoms with Crippen molar-refractivity contribution in [2.24, 2.45) is 0 Å². The van der Waals surface area contributed by atoms with Crippen LogP contribution in [0.1, 0.15) is 80.0 Å². The zero-order valence-corrected chi connectivity index (χ0v) is 21.6. The second kappa shape index (κ2) is 8.72. The first-order valence-electron chi connectivity index (χ1n) is 14.0. The van der Waals surface area contributed by atoms with E-state index in [4.69, 9.17) is 10.8 Å². The van der Waals surface area contributed by atoms with Crippen LogP contribution in [0.2, 0.25) is 0 Å². The maximum Gasteiger partial charge on any atom is 0.285 e. The molecule has 0 spiro atoms. The van der Waals surface area contributed by atoms with Crippen molar-refractivity contribution in [1.29, 1.82) is 10.8 Å². The predicted octanol–water partition coefficient (Wildman–Crippen LogP) is 1.71. The Balaban J connectivity index is 1.67. The van der Waals surface area contributed by atoms with Crippen LogP contribution in [0.25, 0.3) is 33.1 Å². The van der Waals surface area contributed by atoms with Gasteiger partial charge < -0.3 is 0 Å². The number of hydrogen-bond donors (Lipinski definition) is 2. The van der Waals surface area contributed by atoms with E-state index in [0.29, 0.717) is 25.7 Å². The molecule has 0 amide bonds. The summed E-state index contributed by atoms with van der Waals surface area (Å²) in [5.41, 5.74) is -0.277. The number of benzene rings is 1. The molecule has 2 aliphatic carbocycles. The highest BCUT2D eigenvalue weighted by Crippen LogP contribution is 2.24. The van der Waals surface area contributed by atoms with E-state index in [1.165, 1.54) is 4.40 Å². The number of aryl methyl sites for hydroxylation is 2. The molecule has 0 unspecified atom stereocenters. The van der Waals surface area contributed by atoms with Gasteiger partial charge in [0.05, 0.1) is 0 Å². The van der Waals surface area contributed by atoms with Crippen LogP contribution in [-0.4, -0.2) is 18.8 Å². The molecule has 198 valence electrons. The van der Waals surface area contributed by atoms with Crippen molar-refractivity contribution in [2.75, 3.05) is 0 Å². The molecule has 0 fully saturated rings. The van der Waals surface area contributed by atoms with Gasteiger partial charge in [-0.2, -0.15) is 4.98 Å². The summed E-state index contributed by atoms with van der Waals surface area (Å²) in [6.45, 7) is 0. The van der Waals surface area contributed by atoms with Crippen molar-refractivity contribution < 1.29 is 0 Å². The SMILES string of the molecule is N=c1c2c(c3nc4c(=O)c5c(=O)nc6c7c(c(=N)n6c5c(=O)c4c(=O)n13)CCCCCC7)CCCCCCC2. The summed E-state index contributed by atoms with van der Waals surface area (Å²) < 4.78 is 2.47. The van der Waals surface area contributed by atoms with Crippen LogP contribution >= 0.6 is 0 Å². The highest BCUT2D eigenvalue weighted by atomic mass is 16.2. The van der Waals surface area contributed by atoms with Crippen LogP contribution in [0.5, 0.6) is 0 Å². The lowest BCUT2D eigenvalue weighted by atomic mass is 9.96. The van der Waals surface area contributed by atoms with Gasteiger partial charge in [0.1, 0.15) is 44.1 Å². The molecule has 0 atom stereocenters. The van der Waals surface area contributed by atoms with Crippen molar-refractivity contribution in [3.8, 4) is 0 Å². The zero-order valence-electron chi connectivity index (χ0n) is 21.6. The molecule has 10 nitrogen and oxygen atoms in total. The molecule has 0 radical (unpaired) electrons. The first-order chi connectivity index (χ1) is 18.9. The molecule has 2 aliphatic rings. The Bertz CT molecular complexity index is 2190. The molecule has 0 saturated heterocycles. The van der Waals surface area contributed by atoms with Crippen LogP contribution in [0, 0.1) is 10.8 Å². The molecular formula is C29H28N6O4. The largest absolute Gasteiger partial charge is 0.287 e. The number of nitrogens with zero attached hydrogens (tertiary/aromatic N) is 4. The highest BCUT2D eigenvalue weighted by molar-refractivity contribution is 5.95. The van der Waals surface area contributed by atoms with E-state index in [0.717, 1.165) is 84.4 Å². The number of hydrogen-bond acceptors (Lipinski definition) is 8. The fourth-order valence-corrected chi connectivity index (χ4v) is 6.88. The Kier molecular flexibility index (Phi) is 5.37. The summed E-state index contributed by atoms with van der Waals surface area (Å²) in [5.74, 6) is 0. The maximum atomic E-state index is 14.1. The molecule has 4 aromatic heterocycles. The average molecular weight is 525 g/mol. The summed E-state index contributed by atoms with van der Waals surface area (Å²) >= 11 is 0. The van der Waals surface area contributed by atoms with Crippen molar-refractivity contribution in [3.63, 3.8) is 0 Å². The lowest BCUT2D eigenvalue weighted by molar-refractivity contribution is 0.617. The Morgan fingerprint density at radius 3 is 1.62 bits per heavy atom. The van der Waals surface area contributed by atoms with E-state index < -0.39 is 32.7 Å². The van der Waals surface area contributed by atoms with Gasteiger partial charge in [-0.15, -0.1) is 0 Å². The highest BCUT2D eigenvalue weighted by Gasteiger charge is 2.27. The van der Waals surface area contributed by atoms with E-state index in [2.05, 4.69) is 9.97 Å². The summed E-state index contributed by atoms with van der Waals surface area (Å²) in [6.07, 6.45) is 11.3. The summed E-state index contributed by atoms with van der Waals surface area (Å²) in [5, 5.41) is 16.9. The molecule has 0 aliphatic heterocycles. The first-order valence-corrected chi connectivity index (χ1v) is 14.0. The summed E-state index contributed by atoms with van der Waals surface area (Å²) in [6, 6.07) is 0. The Hall–Kier alpha value is -4.08. The molecule has 39 heavy (non-hydrogen) atoms. The lowest BCUT2D eigenvalue weighted by Crippen LogP contribution is -2.34. The van der Waals surface area contributed by atoms with Gasteiger partial charge in [0.15, 0.2) is 0 Å². The standard InChI is InChI=1S/C29H28N6O4/c30-24-14-10-7-4-5-9-13-17(14)27-33-28(38)19-21(34(24)27)23(37)18-20(22(19)36)32-26-16-12-8-3-1-2-6-11-15(16)25(31)35(26)29(18)39/h30-31H,1-13H2. The predicted molar refractivity (Wildman–Crippen MR) is 146 cm³/mol. The number of nitrogens with one attached hydrogen (secondary N) is 2. The minimum atomic E-state index is -0.832. The van der Waals surface area contributed by atoms with E-state index in [1.54, 1.807) is 0 Å².